The van der Waals surface area contributed by atoms with E-state index in [2.05, 4.69) is 15.1 Å². The maximum Gasteiger partial charge on any atom is 0.116 e. The number of hydrogen-bond donors (Lipinski definition) is 1. The van der Waals surface area contributed by atoms with E-state index < -0.39 is 0 Å². The molecule has 2 heterocycles. The van der Waals surface area contributed by atoms with E-state index >= 15 is 0 Å². The molecule has 0 fully saturated rings. The van der Waals surface area contributed by atoms with Gasteiger partial charge in [0.05, 0.1) is 11.0 Å². The third-order valence-electron chi connectivity index (χ3n) is 2.32. The number of aryl methyl sites for hydroxylation is 1. The second-order valence-electron chi connectivity index (χ2n) is 3.07. The van der Waals surface area contributed by atoms with Crippen molar-refractivity contribution < 1.29 is 0 Å². The number of rotatable bonds is 0. The lowest BCUT2D eigenvalue weighted by Gasteiger charge is -1.93. The van der Waals surface area contributed by atoms with Gasteiger partial charge in [-0.25, -0.2) is 9.97 Å². The molecule has 3 aromatic rings. The fraction of sp³-hybridized carbons (Fsp3) is 0.111. The number of nitrogens with zero attached hydrogens (tertiary/aromatic N) is 3. The van der Waals surface area contributed by atoms with Crippen LogP contribution in [0.2, 0.25) is 0 Å². The molecular weight excluding hydrogens is 164 g/mol. The number of fused-ring (bicyclic) bond motifs is 3. The number of imidazole rings is 1. The molecule has 64 valence electrons. The van der Waals surface area contributed by atoms with Gasteiger partial charge in [-0.05, 0) is 12.1 Å². The molecule has 4 heteroatoms. The van der Waals surface area contributed by atoms with E-state index in [0.717, 1.165) is 21.9 Å². The Labute approximate surface area is 74.2 Å². The highest BCUT2D eigenvalue weighted by Gasteiger charge is 2.04. The Hall–Kier alpha value is -1.84. The van der Waals surface area contributed by atoms with E-state index in [1.165, 1.54) is 0 Å². The number of hydrogen-bond acceptors (Lipinski definition) is 2. The van der Waals surface area contributed by atoms with E-state index in [-0.39, 0.29) is 0 Å². The van der Waals surface area contributed by atoms with Crippen molar-refractivity contribution in [1.29, 1.82) is 0 Å². The van der Waals surface area contributed by atoms with Crippen molar-refractivity contribution in [1.82, 2.24) is 19.7 Å². The first-order valence-corrected chi connectivity index (χ1v) is 4.10. The van der Waals surface area contributed by atoms with Crippen LogP contribution < -0.4 is 0 Å². The van der Waals surface area contributed by atoms with Crippen LogP contribution in [0.25, 0.3) is 21.9 Å². The lowest BCUT2D eigenvalue weighted by molar-refractivity contribution is 0.797. The van der Waals surface area contributed by atoms with Crippen LogP contribution in [0, 0.1) is 0 Å². The lowest BCUT2D eigenvalue weighted by atomic mass is 10.2. The third kappa shape index (κ3) is 0.744. The SMILES string of the molecule is Cn1[nH]cc2c3ncnc3ccc21. The molecule has 3 rings (SSSR count). The van der Waals surface area contributed by atoms with Crippen LogP contribution in [0.3, 0.4) is 0 Å². The molecule has 0 amide bonds. The highest BCUT2D eigenvalue weighted by molar-refractivity contribution is 6.02. The van der Waals surface area contributed by atoms with Gasteiger partial charge in [-0.15, -0.1) is 0 Å². The predicted molar refractivity (Wildman–Crippen MR) is 50.4 cm³/mol. The summed E-state index contributed by atoms with van der Waals surface area (Å²) in [6.45, 7) is 0. The second-order valence-corrected chi connectivity index (χ2v) is 3.07. The Morgan fingerprint density at radius 1 is 1.31 bits per heavy atom. The fourth-order valence-corrected chi connectivity index (χ4v) is 1.64. The molecule has 0 atom stereocenters. The lowest BCUT2D eigenvalue weighted by Crippen LogP contribution is -1.87. The van der Waals surface area contributed by atoms with Crippen LogP contribution in [0.15, 0.2) is 24.7 Å². The molecule has 1 N–H and O–H groups in total. The Bertz CT molecular complexity index is 575. The van der Waals surface area contributed by atoms with Crippen LogP contribution in [0.1, 0.15) is 0 Å². The topological polar surface area (TPSA) is 46.5 Å². The molecule has 1 aromatic carbocycles. The zero-order chi connectivity index (χ0) is 8.84. The summed E-state index contributed by atoms with van der Waals surface area (Å²) in [7, 11) is 1.98. The largest absolute Gasteiger partial charge is 0.305 e. The van der Waals surface area contributed by atoms with Crippen molar-refractivity contribution in [2.75, 3.05) is 0 Å². The molecule has 0 radical (unpaired) electrons. The molecule has 0 bridgehead atoms. The molecule has 13 heavy (non-hydrogen) atoms. The van der Waals surface area contributed by atoms with E-state index in [1.807, 2.05) is 30.1 Å². The molecule has 0 saturated heterocycles. The van der Waals surface area contributed by atoms with Crippen molar-refractivity contribution in [2.24, 2.45) is 7.05 Å². The van der Waals surface area contributed by atoms with Crippen LogP contribution in [0.5, 0.6) is 0 Å². The van der Waals surface area contributed by atoms with Gasteiger partial charge in [0.15, 0.2) is 0 Å². The van der Waals surface area contributed by atoms with E-state index in [0.29, 0.717) is 0 Å². The average molecular weight is 172 g/mol. The molecule has 4 nitrogen and oxygen atoms in total. The zero-order valence-electron chi connectivity index (χ0n) is 7.15. The molecule has 0 spiro atoms. The predicted octanol–water partition coefficient (Wildman–Crippen LogP) is 1.45. The van der Waals surface area contributed by atoms with Gasteiger partial charge in [0.2, 0.25) is 0 Å². The zero-order valence-corrected chi connectivity index (χ0v) is 7.15. The van der Waals surface area contributed by atoms with Gasteiger partial charge in [-0.1, -0.05) is 0 Å². The third-order valence-corrected chi connectivity index (χ3v) is 2.32. The van der Waals surface area contributed by atoms with Crippen LogP contribution in [-0.2, 0) is 7.05 Å². The van der Waals surface area contributed by atoms with Crippen molar-refractivity contribution in [3.05, 3.63) is 24.7 Å². The highest BCUT2D eigenvalue weighted by atomic mass is 15.2. The Morgan fingerprint density at radius 3 is 3.15 bits per heavy atom. The quantitative estimate of drug-likeness (QED) is 0.557. The van der Waals surface area contributed by atoms with Crippen molar-refractivity contribution in [2.45, 2.75) is 0 Å². The minimum absolute atomic E-state index is 0.951. The number of benzene rings is 1. The van der Waals surface area contributed by atoms with E-state index in [4.69, 9.17) is 0 Å². The number of aromatic nitrogens is 4. The molecule has 0 unspecified atom stereocenters. The Kier molecular flexibility index (Phi) is 1.07. The summed E-state index contributed by atoms with van der Waals surface area (Å²) in [5, 5.41) is 4.23. The van der Waals surface area contributed by atoms with Gasteiger partial charge in [-0.3, -0.25) is 4.68 Å². The number of nitrogens with one attached hydrogen (secondary N) is 1. The van der Waals surface area contributed by atoms with Crippen LogP contribution in [-0.4, -0.2) is 19.7 Å². The second kappa shape index (κ2) is 2.10. The number of aromatic amines is 1. The summed E-state index contributed by atoms with van der Waals surface area (Å²) < 4.78 is 1.96. The van der Waals surface area contributed by atoms with Crippen LogP contribution >= 0.6 is 0 Å². The van der Waals surface area contributed by atoms with Gasteiger partial charge in [0.25, 0.3) is 0 Å². The summed E-state index contributed by atoms with van der Waals surface area (Å²) in [6.07, 6.45) is 3.55. The summed E-state index contributed by atoms with van der Waals surface area (Å²) in [5.74, 6) is 0. The summed E-state index contributed by atoms with van der Waals surface area (Å²) in [4.78, 5) is 8.36. The minimum Gasteiger partial charge on any atom is -0.305 e. The molecular formula is C9H8N4. The normalized spacial score (nSPS) is 11.5. The molecule has 0 aliphatic heterocycles. The van der Waals surface area contributed by atoms with Crippen LogP contribution in [0.4, 0.5) is 0 Å². The maximum absolute atomic E-state index is 4.22. The first kappa shape index (κ1) is 6.65. The van der Waals surface area contributed by atoms with E-state index in [1.54, 1.807) is 6.33 Å². The standard InChI is InChI=1S/C9H8N4/c1-13-8-3-2-7-9(11-5-10-7)6(8)4-12-13/h2-5,12H,1H3. The van der Waals surface area contributed by atoms with Crippen molar-refractivity contribution in [3.63, 3.8) is 0 Å². The average Bonchev–Trinajstić information content (AvgIpc) is 2.70. The molecule has 0 aliphatic carbocycles. The van der Waals surface area contributed by atoms with E-state index in [9.17, 15) is 0 Å². The monoisotopic (exact) mass is 172 g/mol. The Morgan fingerprint density at radius 2 is 2.23 bits per heavy atom. The highest BCUT2D eigenvalue weighted by Crippen LogP contribution is 2.21. The fourth-order valence-electron chi connectivity index (χ4n) is 1.64. The number of H-pyrrole nitrogens is 1. The van der Waals surface area contributed by atoms with Gasteiger partial charge in [0, 0.05) is 18.6 Å². The summed E-state index contributed by atoms with van der Waals surface area (Å²) in [6, 6.07) is 4.03. The molecule has 0 saturated carbocycles. The summed E-state index contributed by atoms with van der Waals surface area (Å²) in [5.41, 5.74) is 3.06. The van der Waals surface area contributed by atoms with Gasteiger partial charge in [0.1, 0.15) is 11.8 Å². The maximum atomic E-state index is 4.22. The smallest absolute Gasteiger partial charge is 0.116 e. The van der Waals surface area contributed by atoms with Crippen molar-refractivity contribution in [3.8, 4) is 0 Å². The van der Waals surface area contributed by atoms with Gasteiger partial charge >= 0.3 is 0 Å². The van der Waals surface area contributed by atoms with Crippen molar-refractivity contribution >= 4 is 21.9 Å². The first-order valence-electron chi connectivity index (χ1n) is 4.10. The van der Waals surface area contributed by atoms with Gasteiger partial charge in [-0.2, -0.15) is 0 Å². The van der Waals surface area contributed by atoms with Gasteiger partial charge < -0.3 is 5.10 Å². The summed E-state index contributed by atoms with van der Waals surface area (Å²) >= 11 is 0. The molecule has 0 aliphatic rings. The Balaban J connectivity index is 2.66. The first-order chi connectivity index (χ1) is 6.36. The molecule has 2 aromatic heterocycles. The minimum atomic E-state index is 0.951.